The Kier molecular flexibility index (Phi) is 9.98. The van der Waals surface area contributed by atoms with E-state index in [1.54, 1.807) is 104 Å². The molecule has 5 aromatic carbocycles. The Morgan fingerprint density at radius 2 is 0.745 bits per heavy atom. The highest BCUT2D eigenvalue weighted by Crippen LogP contribution is 2.21. The molecule has 0 aliphatic rings. The van der Waals surface area contributed by atoms with Crippen molar-refractivity contribution in [3.8, 4) is 0 Å². The zero-order valence-electron chi connectivity index (χ0n) is 25.2. The van der Waals surface area contributed by atoms with Crippen LogP contribution < -0.4 is 31.9 Å². The standard InChI is InChI=1S/C36H30N6O5/c1-37-27-7-11-29(12-8-27)40-34(45)24-19-25(35(46)41-30-13-9-28(10-14-30)38-22-43)21-26(20-24)36(47)42-32-17-15-31(16-18-32)39-33(44)23-5-3-2-4-6-23/h2-22,37H,1H3,(H,38,43)(H,39,44)(H,40,45)(H,41,46)(H,42,47). The van der Waals surface area contributed by atoms with E-state index in [0.29, 0.717) is 40.4 Å². The second-order valence-corrected chi connectivity index (χ2v) is 10.2. The van der Waals surface area contributed by atoms with Gasteiger partial charge in [0.05, 0.1) is 0 Å². The lowest BCUT2D eigenvalue weighted by Gasteiger charge is -2.12. The molecule has 5 rings (SSSR count). The molecule has 0 atom stereocenters. The highest BCUT2D eigenvalue weighted by molar-refractivity contribution is 6.13. The van der Waals surface area contributed by atoms with Crippen molar-refractivity contribution in [2.45, 2.75) is 0 Å². The summed E-state index contributed by atoms with van der Waals surface area (Å²) in [7, 11) is 1.78. The molecule has 0 unspecified atom stereocenters. The summed E-state index contributed by atoms with van der Waals surface area (Å²) in [6.07, 6.45) is 0.546. The summed E-state index contributed by atoms with van der Waals surface area (Å²) in [5.74, 6) is -1.90. The van der Waals surface area contributed by atoms with E-state index in [1.807, 2.05) is 6.07 Å². The lowest BCUT2D eigenvalue weighted by Crippen LogP contribution is -2.19. The number of benzene rings is 5. The normalized spacial score (nSPS) is 10.2. The Balaban J connectivity index is 1.36. The molecule has 0 bridgehead atoms. The molecular formula is C36H30N6O5. The smallest absolute Gasteiger partial charge is 0.255 e. The van der Waals surface area contributed by atoms with Crippen LogP contribution in [0.25, 0.3) is 0 Å². The van der Waals surface area contributed by atoms with Gasteiger partial charge in [0.25, 0.3) is 23.6 Å². The fourth-order valence-electron chi connectivity index (χ4n) is 4.50. The topological polar surface area (TPSA) is 158 Å². The monoisotopic (exact) mass is 626 g/mol. The van der Waals surface area contributed by atoms with Gasteiger partial charge in [-0.15, -0.1) is 0 Å². The van der Waals surface area contributed by atoms with Crippen molar-refractivity contribution in [2.75, 3.05) is 38.9 Å². The van der Waals surface area contributed by atoms with Crippen molar-refractivity contribution < 1.29 is 24.0 Å². The Morgan fingerprint density at radius 1 is 0.426 bits per heavy atom. The van der Waals surface area contributed by atoms with Crippen LogP contribution in [-0.4, -0.2) is 37.1 Å². The summed E-state index contributed by atoms with van der Waals surface area (Å²) in [5.41, 5.74) is 4.08. The van der Waals surface area contributed by atoms with E-state index >= 15 is 0 Å². The zero-order chi connectivity index (χ0) is 33.2. The second kappa shape index (κ2) is 14.8. The van der Waals surface area contributed by atoms with Gasteiger partial charge in [-0.05, 0) is 103 Å². The molecule has 0 aliphatic heterocycles. The van der Waals surface area contributed by atoms with Crippen LogP contribution in [-0.2, 0) is 4.79 Å². The molecule has 0 heterocycles. The van der Waals surface area contributed by atoms with E-state index in [4.69, 9.17) is 0 Å². The van der Waals surface area contributed by atoms with Crippen LogP contribution in [0.5, 0.6) is 0 Å². The molecule has 234 valence electrons. The van der Waals surface area contributed by atoms with E-state index < -0.39 is 17.7 Å². The number of hydrogen-bond acceptors (Lipinski definition) is 6. The fourth-order valence-corrected chi connectivity index (χ4v) is 4.50. The van der Waals surface area contributed by atoms with Gasteiger partial charge in [0, 0.05) is 63.4 Å². The first-order valence-corrected chi connectivity index (χ1v) is 14.4. The van der Waals surface area contributed by atoms with E-state index in [9.17, 15) is 24.0 Å². The van der Waals surface area contributed by atoms with E-state index in [1.165, 1.54) is 18.2 Å². The Hall–Kier alpha value is -6.75. The van der Waals surface area contributed by atoms with Gasteiger partial charge in [-0.25, -0.2) is 0 Å². The minimum absolute atomic E-state index is 0.0697. The third kappa shape index (κ3) is 8.46. The summed E-state index contributed by atoms with van der Waals surface area (Å²) in [4.78, 5) is 63.2. The molecule has 0 aromatic heterocycles. The minimum Gasteiger partial charge on any atom is -0.388 e. The van der Waals surface area contributed by atoms with Crippen LogP contribution >= 0.6 is 0 Å². The molecular weight excluding hydrogens is 596 g/mol. The van der Waals surface area contributed by atoms with Crippen LogP contribution in [0.15, 0.2) is 121 Å². The molecule has 0 aliphatic carbocycles. The Labute approximate surface area is 270 Å². The molecule has 0 spiro atoms. The van der Waals surface area contributed by atoms with Crippen LogP contribution in [0.4, 0.5) is 34.1 Å². The second-order valence-electron chi connectivity index (χ2n) is 10.2. The number of carbonyl (C=O) groups is 5. The molecule has 0 saturated carbocycles. The van der Waals surface area contributed by atoms with Crippen molar-refractivity contribution in [3.63, 3.8) is 0 Å². The summed E-state index contributed by atoms with van der Waals surface area (Å²) in [6.45, 7) is 0. The third-order valence-corrected chi connectivity index (χ3v) is 6.96. The summed E-state index contributed by atoms with van der Waals surface area (Å²) >= 11 is 0. The van der Waals surface area contributed by atoms with Crippen molar-refractivity contribution in [3.05, 3.63) is 144 Å². The van der Waals surface area contributed by atoms with Crippen molar-refractivity contribution in [2.24, 2.45) is 0 Å². The molecule has 47 heavy (non-hydrogen) atoms. The fraction of sp³-hybridized carbons (Fsp3) is 0.0278. The first-order valence-electron chi connectivity index (χ1n) is 14.4. The van der Waals surface area contributed by atoms with Gasteiger partial charge in [-0.1, -0.05) is 18.2 Å². The third-order valence-electron chi connectivity index (χ3n) is 6.96. The SMILES string of the molecule is CNc1ccc(NC(=O)c2cc(C(=O)Nc3ccc(NC=O)cc3)cc(C(=O)Nc3ccc(NC(=O)c4ccccc4)cc3)c2)cc1. The molecule has 0 fully saturated rings. The quantitative estimate of drug-likeness (QED) is 0.0944. The predicted octanol–water partition coefficient (Wildman–Crippen LogP) is 6.31. The van der Waals surface area contributed by atoms with Gasteiger partial charge in [0.2, 0.25) is 6.41 Å². The number of hydrogen-bond donors (Lipinski definition) is 6. The molecule has 6 N–H and O–H groups in total. The van der Waals surface area contributed by atoms with Crippen molar-refractivity contribution >= 4 is 64.2 Å². The van der Waals surface area contributed by atoms with Gasteiger partial charge in [0.15, 0.2) is 0 Å². The van der Waals surface area contributed by atoms with Gasteiger partial charge in [-0.2, -0.15) is 0 Å². The van der Waals surface area contributed by atoms with E-state index in [0.717, 1.165) is 5.69 Å². The summed E-state index contributed by atoms with van der Waals surface area (Å²) in [5, 5.41) is 16.6. The lowest BCUT2D eigenvalue weighted by molar-refractivity contribution is -0.105. The van der Waals surface area contributed by atoms with E-state index in [-0.39, 0.29) is 22.6 Å². The highest BCUT2D eigenvalue weighted by Gasteiger charge is 2.18. The zero-order valence-corrected chi connectivity index (χ0v) is 25.2. The highest BCUT2D eigenvalue weighted by atomic mass is 16.2. The molecule has 11 nitrogen and oxygen atoms in total. The molecule has 5 amide bonds. The van der Waals surface area contributed by atoms with Crippen molar-refractivity contribution in [1.82, 2.24) is 0 Å². The number of anilines is 6. The van der Waals surface area contributed by atoms with Gasteiger partial charge in [-0.3, -0.25) is 24.0 Å². The Bertz CT molecular complexity index is 1910. The number of carbonyl (C=O) groups excluding carboxylic acids is 5. The maximum Gasteiger partial charge on any atom is 0.255 e. The maximum atomic E-state index is 13.4. The number of rotatable bonds is 11. The molecule has 0 radical (unpaired) electrons. The van der Waals surface area contributed by atoms with Crippen LogP contribution in [0, 0.1) is 0 Å². The first kappa shape index (κ1) is 31.7. The van der Waals surface area contributed by atoms with Gasteiger partial charge in [0.1, 0.15) is 0 Å². The number of amides is 5. The minimum atomic E-state index is -0.558. The van der Waals surface area contributed by atoms with E-state index in [2.05, 4.69) is 31.9 Å². The maximum absolute atomic E-state index is 13.4. The van der Waals surface area contributed by atoms with Crippen LogP contribution in [0.2, 0.25) is 0 Å². The first-order chi connectivity index (χ1) is 22.8. The molecule has 5 aromatic rings. The number of nitrogens with one attached hydrogen (secondary N) is 6. The van der Waals surface area contributed by atoms with Crippen LogP contribution in [0.3, 0.4) is 0 Å². The molecule has 0 saturated heterocycles. The van der Waals surface area contributed by atoms with Crippen molar-refractivity contribution in [1.29, 1.82) is 0 Å². The predicted molar refractivity (Wildman–Crippen MR) is 183 cm³/mol. The average Bonchev–Trinajstić information content (AvgIpc) is 3.10. The van der Waals surface area contributed by atoms with Gasteiger partial charge < -0.3 is 31.9 Å². The summed E-state index contributed by atoms with van der Waals surface area (Å²) < 4.78 is 0. The summed E-state index contributed by atoms with van der Waals surface area (Å²) in [6, 6.07) is 33.0. The lowest BCUT2D eigenvalue weighted by atomic mass is 10.0. The van der Waals surface area contributed by atoms with Crippen LogP contribution in [0.1, 0.15) is 41.4 Å². The Morgan fingerprint density at radius 3 is 1.09 bits per heavy atom. The van der Waals surface area contributed by atoms with Gasteiger partial charge >= 0.3 is 0 Å². The molecule has 11 heteroatoms. The largest absolute Gasteiger partial charge is 0.388 e. The average molecular weight is 627 g/mol.